The summed E-state index contributed by atoms with van der Waals surface area (Å²) in [4.78, 5) is 2.39. The van der Waals surface area contributed by atoms with Gasteiger partial charge in [0.05, 0.1) is 25.9 Å². The molecule has 0 spiro atoms. The number of fused-ring (bicyclic) bond motifs is 1. The van der Waals surface area contributed by atoms with E-state index in [1.165, 1.54) is 0 Å². The number of aryl methyl sites for hydroxylation is 1. The van der Waals surface area contributed by atoms with Crippen molar-refractivity contribution in [3.8, 4) is 0 Å². The third-order valence-electron chi connectivity index (χ3n) is 3.75. The highest BCUT2D eigenvalue weighted by Gasteiger charge is 2.21. The topological polar surface area (TPSA) is 63.4 Å². The Morgan fingerprint density at radius 1 is 1.28 bits per heavy atom. The predicted molar refractivity (Wildman–Crippen MR) is 65.3 cm³/mol. The van der Waals surface area contributed by atoms with Gasteiger partial charge in [-0.05, 0) is 6.42 Å². The third-order valence-corrected chi connectivity index (χ3v) is 3.75. The minimum absolute atomic E-state index is 0.240. The van der Waals surface area contributed by atoms with Crippen LogP contribution >= 0.6 is 0 Å². The first-order valence-electron chi connectivity index (χ1n) is 6.72. The molecule has 1 fully saturated rings. The summed E-state index contributed by atoms with van der Waals surface area (Å²) in [5.41, 5.74) is 0. The second-order valence-corrected chi connectivity index (χ2v) is 5.04. The van der Waals surface area contributed by atoms with Gasteiger partial charge in [-0.2, -0.15) is 0 Å². The Bertz CT molecular complexity index is 401. The number of aliphatic hydroxyl groups excluding tert-OH is 1. The van der Waals surface area contributed by atoms with E-state index in [0.717, 1.165) is 63.8 Å². The largest absolute Gasteiger partial charge is 0.391 e. The van der Waals surface area contributed by atoms with Crippen molar-refractivity contribution in [2.24, 2.45) is 0 Å². The van der Waals surface area contributed by atoms with E-state index >= 15 is 0 Å². The van der Waals surface area contributed by atoms with Gasteiger partial charge in [-0.1, -0.05) is 0 Å². The molecule has 2 aliphatic rings. The molecular weight excluding hydrogens is 232 g/mol. The number of ether oxygens (including phenoxy) is 1. The molecule has 0 amide bonds. The number of aromatic nitrogens is 3. The van der Waals surface area contributed by atoms with Crippen molar-refractivity contribution in [3.05, 3.63) is 11.6 Å². The molecule has 0 saturated carbocycles. The second-order valence-electron chi connectivity index (χ2n) is 5.04. The molecule has 2 aliphatic heterocycles. The first kappa shape index (κ1) is 12.1. The fraction of sp³-hybridized carbons (Fsp3) is 0.833. The standard InChI is InChI=1S/C12H20N4O2/c17-10-1-2-11-13-14-12(16(11)9-10)3-4-15-5-7-18-8-6-15/h10,17H,1-9H2. The monoisotopic (exact) mass is 252 g/mol. The van der Waals surface area contributed by atoms with Crippen LogP contribution in [0.4, 0.5) is 0 Å². The van der Waals surface area contributed by atoms with Crippen LogP contribution in [0.25, 0.3) is 0 Å². The Morgan fingerprint density at radius 3 is 2.94 bits per heavy atom. The van der Waals surface area contributed by atoms with Crippen LogP contribution in [0.5, 0.6) is 0 Å². The lowest BCUT2D eigenvalue weighted by molar-refractivity contribution is 0.0380. The molecule has 1 saturated heterocycles. The normalized spacial score (nSPS) is 25.1. The van der Waals surface area contributed by atoms with Crippen molar-refractivity contribution in [2.75, 3.05) is 32.8 Å². The highest BCUT2D eigenvalue weighted by molar-refractivity contribution is 5.00. The van der Waals surface area contributed by atoms with Gasteiger partial charge >= 0.3 is 0 Å². The van der Waals surface area contributed by atoms with E-state index in [0.29, 0.717) is 6.54 Å². The number of rotatable bonds is 3. The summed E-state index contributed by atoms with van der Waals surface area (Å²) >= 11 is 0. The van der Waals surface area contributed by atoms with E-state index in [4.69, 9.17) is 4.74 Å². The van der Waals surface area contributed by atoms with Gasteiger partial charge < -0.3 is 14.4 Å². The summed E-state index contributed by atoms with van der Waals surface area (Å²) in [5, 5.41) is 18.2. The van der Waals surface area contributed by atoms with Crippen molar-refractivity contribution < 1.29 is 9.84 Å². The van der Waals surface area contributed by atoms with Crippen molar-refractivity contribution in [1.29, 1.82) is 0 Å². The van der Waals surface area contributed by atoms with E-state index in [1.54, 1.807) is 0 Å². The smallest absolute Gasteiger partial charge is 0.134 e. The Balaban J connectivity index is 1.61. The van der Waals surface area contributed by atoms with Gasteiger partial charge in [0.1, 0.15) is 11.6 Å². The lowest BCUT2D eigenvalue weighted by atomic mass is 10.1. The maximum Gasteiger partial charge on any atom is 0.134 e. The fourth-order valence-electron chi connectivity index (χ4n) is 2.63. The van der Waals surface area contributed by atoms with E-state index in [9.17, 15) is 5.11 Å². The Hall–Kier alpha value is -0.980. The molecule has 6 heteroatoms. The highest BCUT2D eigenvalue weighted by Crippen LogP contribution is 2.15. The average Bonchev–Trinajstić information content (AvgIpc) is 2.80. The number of aliphatic hydroxyl groups is 1. The third kappa shape index (κ3) is 2.55. The first-order chi connectivity index (χ1) is 8.83. The zero-order chi connectivity index (χ0) is 12.4. The molecule has 6 nitrogen and oxygen atoms in total. The van der Waals surface area contributed by atoms with E-state index in [2.05, 4.69) is 19.7 Å². The molecule has 0 aliphatic carbocycles. The molecular formula is C12H20N4O2. The predicted octanol–water partition coefficient (Wildman–Crippen LogP) is -0.540. The van der Waals surface area contributed by atoms with Crippen molar-refractivity contribution in [2.45, 2.75) is 31.9 Å². The van der Waals surface area contributed by atoms with Crippen LogP contribution in [0.1, 0.15) is 18.1 Å². The van der Waals surface area contributed by atoms with Crippen LogP contribution in [-0.2, 0) is 24.1 Å². The van der Waals surface area contributed by atoms with Crippen molar-refractivity contribution >= 4 is 0 Å². The Kier molecular flexibility index (Phi) is 3.58. The zero-order valence-corrected chi connectivity index (χ0v) is 10.6. The molecule has 1 aromatic heterocycles. The van der Waals surface area contributed by atoms with Gasteiger partial charge in [0.25, 0.3) is 0 Å². The van der Waals surface area contributed by atoms with Crippen LogP contribution in [0.2, 0.25) is 0 Å². The first-order valence-corrected chi connectivity index (χ1v) is 6.72. The molecule has 1 aromatic rings. The molecule has 1 N–H and O–H groups in total. The molecule has 100 valence electrons. The van der Waals surface area contributed by atoms with Gasteiger partial charge in [0.15, 0.2) is 0 Å². The quantitative estimate of drug-likeness (QED) is 0.783. The van der Waals surface area contributed by atoms with E-state index in [1.807, 2.05) is 0 Å². The van der Waals surface area contributed by atoms with Crippen molar-refractivity contribution in [1.82, 2.24) is 19.7 Å². The molecule has 0 radical (unpaired) electrons. The number of hydrogen-bond donors (Lipinski definition) is 1. The van der Waals surface area contributed by atoms with Crippen LogP contribution in [-0.4, -0.2) is 63.7 Å². The van der Waals surface area contributed by atoms with E-state index < -0.39 is 0 Å². The van der Waals surface area contributed by atoms with Gasteiger partial charge in [0.2, 0.25) is 0 Å². The average molecular weight is 252 g/mol. The van der Waals surface area contributed by atoms with Gasteiger partial charge in [-0.15, -0.1) is 10.2 Å². The SMILES string of the molecule is OC1CCc2nnc(CCN3CCOCC3)n2C1. The minimum Gasteiger partial charge on any atom is -0.391 e. The van der Waals surface area contributed by atoms with E-state index in [-0.39, 0.29) is 6.10 Å². The molecule has 1 unspecified atom stereocenters. The summed E-state index contributed by atoms with van der Waals surface area (Å²) in [7, 11) is 0. The fourth-order valence-corrected chi connectivity index (χ4v) is 2.63. The van der Waals surface area contributed by atoms with Gasteiger partial charge in [-0.25, -0.2) is 0 Å². The second kappa shape index (κ2) is 5.34. The van der Waals surface area contributed by atoms with Gasteiger partial charge in [0, 0.05) is 32.5 Å². The number of nitrogens with zero attached hydrogens (tertiary/aromatic N) is 4. The molecule has 3 heterocycles. The lowest BCUT2D eigenvalue weighted by Crippen LogP contribution is -2.38. The van der Waals surface area contributed by atoms with Crippen LogP contribution in [0.15, 0.2) is 0 Å². The minimum atomic E-state index is -0.240. The molecule has 3 rings (SSSR count). The van der Waals surface area contributed by atoms with Crippen LogP contribution in [0.3, 0.4) is 0 Å². The zero-order valence-electron chi connectivity index (χ0n) is 10.6. The van der Waals surface area contributed by atoms with Crippen molar-refractivity contribution in [3.63, 3.8) is 0 Å². The molecule has 18 heavy (non-hydrogen) atoms. The number of morpholine rings is 1. The van der Waals surface area contributed by atoms with Crippen LogP contribution in [0, 0.1) is 0 Å². The summed E-state index contributed by atoms with van der Waals surface area (Å²) in [5.74, 6) is 2.03. The molecule has 0 bridgehead atoms. The highest BCUT2D eigenvalue weighted by atomic mass is 16.5. The summed E-state index contributed by atoms with van der Waals surface area (Å²) in [6.45, 7) is 5.32. The molecule has 1 atom stereocenters. The summed E-state index contributed by atoms with van der Waals surface area (Å²) < 4.78 is 7.43. The lowest BCUT2D eigenvalue weighted by Gasteiger charge is -2.26. The maximum absolute atomic E-state index is 9.71. The summed E-state index contributed by atoms with van der Waals surface area (Å²) in [6, 6.07) is 0. The Morgan fingerprint density at radius 2 is 2.11 bits per heavy atom. The van der Waals surface area contributed by atoms with Gasteiger partial charge in [-0.3, -0.25) is 4.90 Å². The maximum atomic E-state index is 9.71. The van der Waals surface area contributed by atoms with Crippen LogP contribution < -0.4 is 0 Å². The Labute approximate surface area is 107 Å². The summed E-state index contributed by atoms with van der Waals surface area (Å²) in [6.07, 6.45) is 2.31. The molecule has 0 aromatic carbocycles. The number of hydrogen-bond acceptors (Lipinski definition) is 5.